The molecule has 4 saturated carbocycles. The van der Waals surface area contributed by atoms with Crippen molar-refractivity contribution >= 4 is 0 Å². The molecule has 4 unspecified atom stereocenters. The van der Waals surface area contributed by atoms with Crippen LogP contribution in [0.1, 0.15) is 78.2 Å². The maximum absolute atomic E-state index is 6.48. The highest BCUT2D eigenvalue weighted by Crippen LogP contribution is 2.67. The minimum atomic E-state index is -0.0906. The van der Waals surface area contributed by atoms with Gasteiger partial charge in [0.25, 0.3) is 0 Å². The molecule has 5 rings (SSSR count). The van der Waals surface area contributed by atoms with E-state index in [1.54, 1.807) is 0 Å². The van der Waals surface area contributed by atoms with E-state index >= 15 is 0 Å². The third-order valence-electron chi connectivity index (χ3n) is 7.82. The first-order valence-electron chi connectivity index (χ1n) is 11.0. The highest BCUT2D eigenvalue weighted by Gasteiger charge is 2.62. The van der Waals surface area contributed by atoms with Crippen molar-refractivity contribution in [1.29, 1.82) is 0 Å². The van der Waals surface area contributed by atoms with Crippen molar-refractivity contribution in [3.8, 4) is 5.75 Å². The zero-order valence-corrected chi connectivity index (χ0v) is 18.1. The van der Waals surface area contributed by atoms with Crippen molar-refractivity contribution in [2.75, 3.05) is 7.11 Å². The summed E-state index contributed by atoms with van der Waals surface area (Å²) in [6.45, 7) is 11.7. The lowest BCUT2D eigenvalue weighted by Crippen LogP contribution is -2.41. The first kappa shape index (κ1) is 19.3. The monoisotopic (exact) mass is 370 g/mol. The average molecular weight is 371 g/mol. The van der Waals surface area contributed by atoms with Gasteiger partial charge in [-0.25, -0.2) is 0 Å². The van der Waals surface area contributed by atoms with Gasteiger partial charge in [-0.05, 0) is 84.8 Å². The van der Waals surface area contributed by atoms with E-state index in [0.717, 1.165) is 23.5 Å². The Morgan fingerprint density at radius 1 is 0.963 bits per heavy atom. The van der Waals surface area contributed by atoms with Crippen LogP contribution in [-0.2, 0) is 4.74 Å². The maximum atomic E-state index is 6.48. The van der Waals surface area contributed by atoms with Crippen molar-refractivity contribution in [1.82, 2.24) is 0 Å². The van der Waals surface area contributed by atoms with Gasteiger partial charge in [-0.15, -0.1) is 0 Å². The fraction of sp³-hybridized carbons (Fsp3) is 0.760. The molecule has 150 valence electrons. The Bertz CT molecular complexity index is 640. The fourth-order valence-electron chi connectivity index (χ4n) is 7.41. The van der Waals surface area contributed by atoms with Gasteiger partial charge in [0.15, 0.2) is 0 Å². The SMILES string of the molecule is COC(Oc1ccc(C(C(C)C)C(C)(C)C)cc1)C12CC3CC(CC1C3)C2. The summed E-state index contributed by atoms with van der Waals surface area (Å²) in [4.78, 5) is 0. The topological polar surface area (TPSA) is 18.5 Å². The van der Waals surface area contributed by atoms with Gasteiger partial charge in [-0.3, -0.25) is 0 Å². The zero-order chi connectivity index (χ0) is 19.4. The van der Waals surface area contributed by atoms with Gasteiger partial charge >= 0.3 is 0 Å². The number of rotatable bonds is 6. The summed E-state index contributed by atoms with van der Waals surface area (Å²) in [7, 11) is 1.83. The fourth-order valence-corrected chi connectivity index (χ4v) is 7.41. The van der Waals surface area contributed by atoms with Gasteiger partial charge in [0.1, 0.15) is 5.75 Å². The van der Waals surface area contributed by atoms with E-state index in [-0.39, 0.29) is 17.1 Å². The van der Waals surface area contributed by atoms with Gasteiger partial charge in [0, 0.05) is 12.5 Å². The molecule has 4 aliphatic carbocycles. The molecule has 0 aromatic heterocycles. The third-order valence-corrected chi connectivity index (χ3v) is 7.82. The summed E-state index contributed by atoms with van der Waals surface area (Å²) in [6, 6.07) is 8.87. The zero-order valence-electron chi connectivity index (χ0n) is 18.1. The normalized spacial score (nSPS) is 34.3. The molecule has 4 atom stereocenters. The first-order valence-corrected chi connectivity index (χ1v) is 11.0. The number of methoxy groups -OCH3 is 1. The Morgan fingerprint density at radius 3 is 2.04 bits per heavy atom. The molecule has 2 heteroatoms. The molecule has 4 fully saturated rings. The largest absolute Gasteiger partial charge is 0.464 e. The smallest absolute Gasteiger partial charge is 0.205 e. The highest BCUT2D eigenvalue weighted by molar-refractivity contribution is 5.31. The van der Waals surface area contributed by atoms with Crippen LogP contribution in [0.3, 0.4) is 0 Å². The van der Waals surface area contributed by atoms with Crippen LogP contribution in [-0.4, -0.2) is 13.4 Å². The van der Waals surface area contributed by atoms with Crippen molar-refractivity contribution in [3.63, 3.8) is 0 Å². The molecule has 1 aromatic carbocycles. The quantitative estimate of drug-likeness (QED) is 0.522. The van der Waals surface area contributed by atoms with E-state index in [0.29, 0.717) is 11.8 Å². The second kappa shape index (κ2) is 6.79. The first-order chi connectivity index (χ1) is 12.7. The summed E-state index contributed by atoms with van der Waals surface area (Å²) in [6.07, 6.45) is 6.79. The predicted molar refractivity (Wildman–Crippen MR) is 111 cm³/mol. The highest BCUT2D eigenvalue weighted by atomic mass is 16.7. The van der Waals surface area contributed by atoms with Crippen LogP contribution in [0.25, 0.3) is 0 Å². The number of benzene rings is 1. The van der Waals surface area contributed by atoms with Gasteiger partial charge in [-0.2, -0.15) is 0 Å². The Labute approximate surface area is 166 Å². The lowest BCUT2D eigenvalue weighted by Gasteiger charge is -2.39. The van der Waals surface area contributed by atoms with Gasteiger partial charge in [-0.1, -0.05) is 46.8 Å². The van der Waals surface area contributed by atoms with Crippen LogP contribution < -0.4 is 4.74 Å². The molecule has 0 heterocycles. The van der Waals surface area contributed by atoms with E-state index < -0.39 is 0 Å². The molecule has 0 amide bonds. The van der Waals surface area contributed by atoms with E-state index in [1.165, 1.54) is 37.7 Å². The minimum Gasteiger partial charge on any atom is -0.464 e. The number of ether oxygens (including phenoxy) is 2. The Morgan fingerprint density at radius 2 is 1.56 bits per heavy atom. The van der Waals surface area contributed by atoms with Gasteiger partial charge in [0.2, 0.25) is 6.29 Å². The third kappa shape index (κ3) is 3.33. The molecule has 0 N–H and O–H groups in total. The van der Waals surface area contributed by atoms with E-state index in [9.17, 15) is 0 Å². The van der Waals surface area contributed by atoms with Crippen LogP contribution in [0.4, 0.5) is 0 Å². The summed E-state index contributed by atoms with van der Waals surface area (Å²) in [5, 5.41) is 0. The second-order valence-electron chi connectivity index (χ2n) is 11.1. The van der Waals surface area contributed by atoms with Crippen LogP contribution in [0.2, 0.25) is 0 Å². The molecule has 1 aromatic rings. The lowest BCUT2D eigenvalue weighted by atomic mass is 9.70. The molecule has 0 radical (unpaired) electrons. The molecule has 4 aliphatic rings. The van der Waals surface area contributed by atoms with Crippen LogP contribution in [0.5, 0.6) is 5.75 Å². The van der Waals surface area contributed by atoms with Crippen LogP contribution in [0, 0.1) is 34.5 Å². The Kier molecular flexibility index (Phi) is 4.86. The summed E-state index contributed by atoms with van der Waals surface area (Å²) in [5.74, 6) is 4.78. The van der Waals surface area contributed by atoms with E-state index in [4.69, 9.17) is 9.47 Å². The van der Waals surface area contributed by atoms with Crippen molar-refractivity contribution in [3.05, 3.63) is 29.8 Å². The summed E-state index contributed by atoms with van der Waals surface area (Å²) >= 11 is 0. The molecule has 27 heavy (non-hydrogen) atoms. The van der Waals surface area contributed by atoms with Crippen LogP contribution >= 0.6 is 0 Å². The molecule has 0 aliphatic heterocycles. The molecule has 0 saturated heterocycles. The standard InChI is InChI=1S/C25H38O2/c1-16(2)22(24(3,4)5)19-7-9-21(10-8-19)27-23(26-6)25-14-17-11-18(15-25)13-20(25)12-17/h7-10,16-18,20,22-23H,11-15H2,1-6H3. The Balaban J connectivity index is 1.51. The molecular formula is C25H38O2. The second-order valence-corrected chi connectivity index (χ2v) is 11.1. The maximum Gasteiger partial charge on any atom is 0.205 e. The molecular weight excluding hydrogens is 332 g/mol. The Hall–Kier alpha value is -1.02. The van der Waals surface area contributed by atoms with Crippen molar-refractivity contribution in [2.45, 2.75) is 78.9 Å². The van der Waals surface area contributed by atoms with E-state index in [2.05, 4.69) is 58.9 Å². The van der Waals surface area contributed by atoms with Crippen molar-refractivity contribution < 1.29 is 9.47 Å². The summed E-state index contributed by atoms with van der Waals surface area (Å²) in [5.41, 5.74) is 1.94. The van der Waals surface area contributed by atoms with Crippen LogP contribution in [0.15, 0.2) is 24.3 Å². The van der Waals surface area contributed by atoms with E-state index in [1.807, 2.05) is 7.11 Å². The van der Waals surface area contributed by atoms with Gasteiger partial charge < -0.3 is 9.47 Å². The number of hydrogen-bond acceptors (Lipinski definition) is 2. The van der Waals surface area contributed by atoms with Crippen molar-refractivity contribution in [2.24, 2.45) is 34.5 Å². The molecule has 4 bridgehead atoms. The molecule has 2 nitrogen and oxygen atoms in total. The number of hydrogen-bond donors (Lipinski definition) is 0. The predicted octanol–water partition coefficient (Wildman–Crippen LogP) is 6.65. The lowest BCUT2D eigenvalue weighted by molar-refractivity contribution is -0.151. The minimum absolute atomic E-state index is 0.0906. The average Bonchev–Trinajstić information content (AvgIpc) is 2.97. The van der Waals surface area contributed by atoms with Gasteiger partial charge in [0.05, 0.1) is 0 Å². The summed E-state index contributed by atoms with van der Waals surface area (Å²) < 4.78 is 12.4. The molecule has 0 spiro atoms.